The van der Waals surface area contributed by atoms with Crippen molar-refractivity contribution in [2.24, 2.45) is 0 Å². The number of carbonyl (C=O) groups excluding carboxylic acids is 1. The second-order valence-corrected chi connectivity index (χ2v) is 6.99. The molecule has 0 aliphatic carbocycles. The van der Waals surface area contributed by atoms with Crippen molar-refractivity contribution in [3.05, 3.63) is 29.3 Å². The molecule has 1 aliphatic heterocycles. The normalized spacial score (nSPS) is 18.6. The van der Waals surface area contributed by atoms with E-state index < -0.39 is 0 Å². The second kappa shape index (κ2) is 7.86. The Balaban J connectivity index is 1.39. The minimum Gasteiger partial charge on any atom is -0.395 e. The molecule has 5 nitrogen and oxygen atoms in total. The van der Waals surface area contributed by atoms with Gasteiger partial charge in [-0.15, -0.1) is 11.3 Å². The van der Waals surface area contributed by atoms with Gasteiger partial charge in [-0.3, -0.25) is 9.69 Å². The van der Waals surface area contributed by atoms with Crippen molar-refractivity contribution in [1.29, 1.82) is 0 Å². The molecule has 6 heteroatoms. The number of unbranched alkanes of at least 4 members (excludes halogenated alkanes) is 1. The van der Waals surface area contributed by atoms with Gasteiger partial charge in [-0.25, -0.2) is 4.98 Å². The van der Waals surface area contributed by atoms with Crippen LogP contribution in [0.1, 0.15) is 35.5 Å². The molecule has 1 aromatic carbocycles. The topological polar surface area (TPSA) is 65.5 Å². The molecule has 3 rings (SSSR count). The zero-order chi connectivity index (χ0) is 16.1. The highest BCUT2D eigenvalue weighted by molar-refractivity contribution is 7.20. The summed E-state index contributed by atoms with van der Waals surface area (Å²) in [6.45, 7) is 3.02. The highest BCUT2D eigenvalue weighted by Crippen LogP contribution is 2.21. The number of amides is 1. The van der Waals surface area contributed by atoms with Gasteiger partial charge in [0, 0.05) is 12.6 Å². The van der Waals surface area contributed by atoms with Gasteiger partial charge in [0.1, 0.15) is 0 Å². The van der Waals surface area contributed by atoms with Crippen molar-refractivity contribution in [2.45, 2.75) is 31.7 Å². The summed E-state index contributed by atoms with van der Waals surface area (Å²) < 4.78 is 1.04. The van der Waals surface area contributed by atoms with Gasteiger partial charge in [0.05, 0.1) is 16.8 Å². The fourth-order valence-electron chi connectivity index (χ4n) is 3.08. The molecule has 1 saturated heterocycles. The van der Waals surface area contributed by atoms with E-state index in [1.165, 1.54) is 17.8 Å². The Morgan fingerprint density at radius 3 is 3.09 bits per heavy atom. The standard InChI is InChI=1S/C17H23N3O2S/c21-12-13-6-5-11-20(13)10-4-3-9-18-16(22)17-19-14-7-1-2-8-15(14)23-17/h1-2,7-8,13,21H,3-6,9-12H2,(H,18,22). The molecule has 1 aromatic heterocycles. The summed E-state index contributed by atoms with van der Waals surface area (Å²) in [7, 11) is 0. The Morgan fingerprint density at radius 1 is 1.39 bits per heavy atom. The number of benzene rings is 1. The quantitative estimate of drug-likeness (QED) is 0.763. The van der Waals surface area contributed by atoms with E-state index in [1.54, 1.807) is 0 Å². The van der Waals surface area contributed by atoms with E-state index in [2.05, 4.69) is 15.2 Å². The number of aliphatic hydroxyl groups excluding tert-OH is 1. The molecule has 1 atom stereocenters. The number of carbonyl (C=O) groups is 1. The Hall–Kier alpha value is -1.50. The number of fused-ring (bicyclic) bond motifs is 1. The number of aliphatic hydroxyl groups is 1. The van der Waals surface area contributed by atoms with E-state index in [9.17, 15) is 9.90 Å². The Morgan fingerprint density at radius 2 is 2.26 bits per heavy atom. The maximum absolute atomic E-state index is 12.1. The lowest BCUT2D eigenvalue weighted by atomic mass is 10.2. The van der Waals surface area contributed by atoms with Crippen LogP contribution in [0.5, 0.6) is 0 Å². The van der Waals surface area contributed by atoms with Crippen LogP contribution < -0.4 is 5.32 Å². The predicted octanol–water partition coefficient (Wildman–Crippen LogP) is 2.26. The highest BCUT2D eigenvalue weighted by Gasteiger charge is 2.22. The summed E-state index contributed by atoms with van der Waals surface area (Å²) >= 11 is 1.43. The SMILES string of the molecule is O=C(NCCCCN1CCCC1CO)c1nc2ccccc2s1. The third-order valence-electron chi connectivity index (χ3n) is 4.36. The molecule has 2 N–H and O–H groups in total. The van der Waals surface area contributed by atoms with Crippen LogP contribution in [0, 0.1) is 0 Å². The molecule has 0 saturated carbocycles. The third-order valence-corrected chi connectivity index (χ3v) is 5.39. The first-order valence-corrected chi connectivity index (χ1v) is 9.08. The fraction of sp³-hybridized carbons (Fsp3) is 0.529. The maximum Gasteiger partial charge on any atom is 0.280 e. The molecule has 2 aromatic rings. The van der Waals surface area contributed by atoms with Gasteiger partial charge in [0.2, 0.25) is 0 Å². The minimum absolute atomic E-state index is 0.0828. The number of thiazole rings is 1. The summed E-state index contributed by atoms with van der Waals surface area (Å²) in [4.78, 5) is 18.8. The number of hydrogen-bond donors (Lipinski definition) is 2. The van der Waals surface area contributed by atoms with Crippen molar-refractivity contribution in [3.63, 3.8) is 0 Å². The van der Waals surface area contributed by atoms with Crippen LogP contribution in [0.25, 0.3) is 10.2 Å². The van der Waals surface area contributed by atoms with E-state index >= 15 is 0 Å². The molecule has 1 fully saturated rings. The number of nitrogens with one attached hydrogen (secondary N) is 1. The Labute approximate surface area is 140 Å². The van der Waals surface area contributed by atoms with Crippen LogP contribution in [0.15, 0.2) is 24.3 Å². The lowest BCUT2D eigenvalue weighted by Gasteiger charge is -2.22. The zero-order valence-corrected chi connectivity index (χ0v) is 14.0. The number of aromatic nitrogens is 1. The first-order chi connectivity index (χ1) is 11.3. The van der Waals surface area contributed by atoms with Gasteiger partial charge in [0.25, 0.3) is 5.91 Å². The Kier molecular flexibility index (Phi) is 5.59. The van der Waals surface area contributed by atoms with Gasteiger partial charge in [-0.05, 0) is 50.9 Å². The van der Waals surface area contributed by atoms with Crippen LogP contribution in [-0.2, 0) is 0 Å². The van der Waals surface area contributed by atoms with Crippen molar-refractivity contribution >= 4 is 27.5 Å². The molecule has 2 heterocycles. The summed E-state index contributed by atoms with van der Waals surface area (Å²) in [6, 6.07) is 8.14. The van der Waals surface area contributed by atoms with Crippen molar-refractivity contribution < 1.29 is 9.90 Å². The number of nitrogens with zero attached hydrogens (tertiary/aromatic N) is 2. The first kappa shape index (κ1) is 16.4. The monoisotopic (exact) mass is 333 g/mol. The average molecular weight is 333 g/mol. The summed E-state index contributed by atoms with van der Waals surface area (Å²) in [5.41, 5.74) is 0.881. The van der Waals surface area contributed by atoms with E-state index in [0.717, 1.165) is 42.6 Å². The van der Waals surface area contributed by atoms with Crippen LogP contribution in [0.3, 0.4) is 0 Å². The molecule has 0 bridgehead atoms. The molecule has 0 radical (unpaired) electrons. The lowest BCUT2D eigenvalue weighted by Crippen LogP contribution is -2.33. The highest BCUT2D eigenvalue weighted by atomic mass is 32.1. The third kappa shape index (κ3) is 4.07. The molecule has 1 unspecified atom stereocenters. The smallest absolute Gasteiger partial charge is 0.280 e. The predicted molar refractivity (Wildman–Crippen MR) is 92.9 cm³/mol. The van der Waals surface area contributed by atoms with Crippen LogP contribution in [-0.4, -0.2) is 53.2 Å². The fourth-order valence-corrected chi connectivity index (χ4v) is 3.97. The molecular formula is C17H23N3O2S. The molecule has 23 heavy (non-hydrogen) atoms. The van der Waals surface area contributed by atoms with Crippen LogP contribution >= 0.6 is 11.3 Å². The first-order valence-electron chi connectivity index (χ1n) is 8.26. The van der Waals surface area contributed by atoms with Crippen LogP contribution in [0.2, 0.25) is 0 Å². The van der Waals surface area contributed by atoms with E-state index in [1.807, 2.05) is 24.3 Å². The summed E-state index contributed by atoms with van der Waals surface area (Å²) in [6.07, 6.45) is 4.27. The summed E-state index contributed by atoms with van der Waals surface area (Å²) in [5, 5.41) is 12.8. The van der Waals surface area contributed by atoms with E-state index in [4.69, 9.17) is 0 Å². The maximum atomic E-state index is 12.1. The van der Waals surface area contributed by atoms with Gasteiger partial charge in [-0.1, -0.05) is 12.1 Å². The number of hydrogen-bond acceptors (Lipinski definition) is 5. The van der Waals surface area contributed by atoms with Gasteiger partial charge in [-0.2, -0.15) is 0 Å². The summed E-state index contributed by atoms with van der Waals surface area (Å²) in [5.74, 6) is -0.0828. The molecule has 1 aliphatic rings. The zero-order valence-electron chi connectivity index (χ0n) is 13.2. The van der Waals surface area contributed by atoms with Gasteiger partial charge in [0.15, 0.2) is 5.01 Å². The number of rotatable bonds is 7. The van der Waals surface area contributed by atoms with E-state index in [0.29, 0.717) is 17.6 Å². The van der Waals surface area contributed by atoms with Gasteiger partial charge >= 0.3 is 0 Å². The molecule has 124 valence electrons. The molecule has 1 amide bonds. The average Bonchev–Trinajstić information content (AvgIpc) is 3.20. The van der Waals surface area contributed by atoms with Crippen molar-refractivity contribution in [1.82, 2.24) is 15.2 Å². The number of para-hydroxylation sites is 1. The van der Waals surface area contributed by atoms with Crippen LogP contribution in [0.4, 0.5) is 0 Å². The lowest BCUT2D eigenvalue weighted by molar-refractivity contribution is 0.0952. The van der Waals surface area contributed by atoms with E-state index in [-0.39, 0.29) is 12.5 Å². The second-order valence-electron chi connectivity index (χ2n) is 5.96. The number of likely N-dealkylation sites (tertiary alicyclic amines) is 1. The van der Waals surface area contributed by atoms with Crippen molar-refractivity contribution in [3.8, 4) is 0 Å². The Bertz CT molecular complexity index is 625. The van der Waals surface area contributed by atoms with Crippen molar-refractivity contribution in [2.75, 3.05) is 26.2 Å². The molecule has 0 spiro atoms. The van der Waals surface area contributed by atoms with Gasteiger partial charge < -0.3 is 10.4 Å². The molecular weight excluding hydrogens is 310 g/mol. The minimum atomic E-state index is -0.0828. The largest absolute Gasteiger partial charge is 0.395 e.